The van der Waals surface area contributed by atoms with E-state index in [2.05, 4.69) is 102 Å². The number of rotatable bonds is 1. The molecule has 0 saturated carbocycles. The molecule has 0 N–H and O–H groups in total. The van der Waals surface area contributed by atoms with Crippen LogP contribution in [0.5, 0.6) is 0 Å². The van der Waals surface area contributed by atoms with Crippen molar-refractivity contribution in [3.05, 3.63) is 95.1 Å². The summed E-state index contributed by atoms with van der Waals surface area (Å²) in [5, 5.41) is 0. The normalized spacial score (nSPS) is 14.6. The number of benzene rings is 3. The second-order valence-corrected chi connectivity index (χ2v) is 7.23. The lowest BCUT2D eigenvalue weighted by atomic mass is 9.89. The van der Waals surface area contributed by atoms with Crippen LogP contribution in [0.1, 0.15) is 22.3 Å². The average Bonchev–Trinajstić information content (AvgIpc) is 2.80. The molecule has 0 bridgehead atoms. The molecule has 0 aromatic heterocycles. The van der Waals surface area contributed by atoms with Gasteiger partial charge in [0.15, 0.2) is 0 Å². The zero-order chi connectivity index (χ0) is 14.4. The van der Waals surface area contributed by atoms with Crippen LogP contribution < -0.4 is 0 Å². The fraction of sp³-hybridized carbons (Fsp3) is 0.100. The molecule has 1 heteroatoms. The molecule has 0 radical (unpaired) electrons. The zero-order valence-electron chi connectivity index (χ0n) is 11.8. The van der Waals surface area contributed by atoms with Crippen LogP contribution in [0, 0.1) is 6.92 Å². The van der Waals surface area contributed by atoms with Crippen LogP contribution in [0.2, 0.25) is 0 Å². The Bertz CT molecular complexity index is 770. The van der Waals surface area contributed by atoms with Crippen molar-refractivity contribution in [2.24, 2.45) is 0 Å². The van der Waals surface area contributed by atoms with Crippen LogP contribution in [0.3, 0.4) is 0 Å². The fourth-order valence-electron chi connectivity index (χ4n) is 3.28. The van der Waals surface area contributed by atoms with E-state index in [0.717, 1.165) is 0 Å². The van der Waals surface area contributed by atoms with Gasteiger partial charge in [0.2, 0.25) is 0 Å². The number of halogens is 1. The van der Waals surface area contributed by atoms with Crippen LogP contribution in [-0.4, -0.2) is 0 Å². The highest BCUT2D eigenvalue weighted by Gasteiger charge is 2.41. The van der Waals surface area contributed by atoms with Crippen LogP contribution in [0.15, 0.2) is 72.8 Å². The van der Waals surface area contributed by atoms with Gasteiger partial charge in [-0.1, -0.05) is 101 Å². The first-order valence-electron chi connectivity index (χ1n) is 7.17. The van der Waals surface area contributed by atoms with Crippen molar-refractivity contribution in [3.8, 4) is 11.1 Å². The Morgan fingerprint density at radius 1 is 0.667 bits per heavy atom. The summed E-state index contributed by atoms with van der Waals surface area (Å²) in [6, 6.07) is 26.5. The van der Waals surface area contributed by atoms with Crippen LogP contribution >= 0.6 is 22.6 Å². The van der Waals surface area contributed by atoms with E-state index in [9.17, 15) is 0 Å². The molecule has 0 saturated heterocycles. The zero-order valence-corrected chi connectivity index (χ0v) is 14.0. The molecule has 0 amide bonds. The van der Waals surface area contributed by atoms with Gasteiger partial charge in [-0.05, 0) is 34.7 Å². The number of hydrogen-bond donors (Lipinski definition) is 0. The molecule has 1 aliphatic carbocycles. The van der Waals surface area contributed by atoms with Crippen molar-refractivity contribution in [3.63, 3.8) is 0 Å². The molecule has 21 heavy (non-hydrogen) atoms. The number of alkyl halides is 1. The number of fused-ring (bicyclic) bond motifs is 3. The minimum absolute atomic E-state index is 0.0847. The first-order chi connectivity index (χ1) is 10.2. The van der Waals surface area contributed by atoms with Crippen LogP contribution in [-0.2, 0) is 3.42 Å². The number of hydrogen-bond acceptors (Lipinski definition) is 0. The van der Waals surface area contributed by atoms with E-state index in [-0.39, 0.29) is 3.42 Å². The molecule has 0 nitrogen and oxygen atoms in total. The summed E-state index contributed by atoms with van der Waals surface area (Å²) in [5.74, 6) is 0. The molecule has 3 aromatic carbocycles. The lowest BCUT2D eigenvalue weighted by molar-refractivity contribution is 0.973. The lowest BCUT2D eigenvalue weighted by Crippen LogP contribution is -2.18. The summed E-state index contributed by atoms with van der Waals surface area (Å²) in [7, 11) is 0. The molecule has 4 rings (SSSR count). The molecular weight excluding hydrogens is 367 g/mol. The first-order valence-corrected chi connectivity index (χ1v) is 8.24. The Hall–Kier alpha value is -1.61. The molecule has 0 atom stereocenters. The van der Waals surface area contributed by atoms with Gasteiger partial charge in [0.05, 0.1) is 3.42 Å². The van der Waals surface area contributed by atoms with Gasteiger partial charge in [-0.3, -0.25) is 0 Å². The first kappa shape index (κ1) is 13.1. The maximum Gasteiger partial charge on any atom is 0.0980 e. The Labute approximate surface area is 139 Å². The van der Waals surface area contributed by atoms with E-state index in [1.54, 1.807) is 0 Å². The number of aryl methyl sites for hydroxylation is 1. The Kier molecular flexibility index (Phi) is 2.93. The summed E-state index contributed by atoms with van der Waals surface area (Å²) in [6.45, 7) is 2.14. The SMILES string of the molecule is Cc1ccc(C2(I)c3ccccc3-c3ccccc32)cc1. The summed E-state index contributed by atoms with van der Waals surface area (Å²) in [6.07, 6.45) is 0. The second-order valence-electron chi connectivity index (χ2n) is 5.62. The van der Waals surface area contributed by atoms with Crippen molar-refractivity contribution in [1.29, 1.82) is 0 Å². The van der Waals surface area contributed by atoms with Gasteiger partial charge >= 0.3 is 0 Å². The molecule has 3 aromatic rings. The van der Waals surface area contributed by atoms with Crippen molar-refractivity contribution in [2.45, 2.75) is 10.3 Å². The maximum atomic E-state index is 2.63. The van der Waals surface area contributed by atoms with E-state index < -0.39 is 0 Å². The Morgan fingerprint density at radius 2 is 1.14 bits per heavy atom. The highest BCUT2D eigenvalue weighted by atomic mass is 127. The minimum Gasteiger partial charge on any atom is -0.0630 e. The Morgan fingerprint density at radius 3 is 1.67 bits per heavy atom. The van der Waals surface area contributed by atoms with Gasteiger partial charge in [-0.15, -0.1) is 0 Å². The van der Waals surface area contributed by atoms with Crippen LogP contribution in [0.4, 0.5) is 0 Å². The third-order valence-electron chi connectivity index (χ3n) is 4.34. The lowest BCUT2D eigenvalue weighted by Gasteiger charge is -2.26. The van der Waals surface area contributed by atoms with Crippen molar-refractivity contribution in [1.82, 2.24) is 0 Å². The monoisotopic (exact) mass is 382 g/mol. The fourth-order valence-corrected chi connectivity index (χ4v) is 4.58. The van der Waals surface area contributed by atoms with E-state index in [4.69, 9.17) is 0 Å². The molecule has 102 valence electrons. The van der Waals surface area contributed by atoms with Crippen molar-refractivity contribution in [2.75, 3.05) is 0 Å². The largest absolute Gasteiger partial charge is 0.0980 e. The molecule has 0 spiro atoms. The third kappa shape index (κ3) is 1.80. The Balaban J connectivity index is 2.06. The third-order valence-corrected chi connectivity index (χ3v) is 6.12. The van der Waals surface area contributed by atoms with Gasteiger partial charge in [-0.25, -0.2) is 0 Å². The topological polar surface area (TPSA) is 0 Å². The van der Waals surface area contributed by atoms with Crippen molar-refractivity contribution < 1.29 is 0 Å². The summed E-state index contributed by atoms with van der Waals surface area (Å²) >= 11 is 2.63. The molecule has 1 aliphatic rings. The van der Waals surface area contributed by atoms with Gasteiger partial charge in [0.1, 0.15) is 0 Å². The van der Waals surface area contributed by atoms with Gasteiger partial charge < -0.3 is 0 Å². The molecular formula is C20H15I. The van der Waals surface area contributed by atoms with Crippen molar-refractivity contribution >= 4 is 22.6 Å². The minimum atomic E-state index is -0.0847. The summed E-state index contributed by atoms with van der Waals surface area (Å²) < 4.78 is -0.0847. The smallest absolute Gasteiger partial charge is 0.0630 e. The van der Waals surface area contributed by atoms with E-state index in [1.165, 1.54) is 33.4 Å². The molecule has 0 aliphatic heterocycles. The highest BCUT2D eigenvalue weighted by molar-refractivity contribution is 14.1. The predicted octanol–water partition coefficient (Wildman–Crippen LogP) is 5.70. The van der Waals surface area contributed by atoms with Crippen LogP contribution in [0.25, 0.3) is 11.1 Å². The van der Waals surface area contributed by atoms with E-state index >= 15 is 0 Å². The quantitative estimate of drug-likeness (QED) is 0.374. The molecule has 0 fully saturated rings. The van der Waals surface area contributed by atoms with Gasteiger partial charge in [-0.2, -0.15) is 0 Å². The summed E-state index contributed by atoms with van der Waals surface area (Å²) in [5.41, 5.74) is 8.18. The van der Waals surface area contributed by atoms with Gasteiger partial charge in [0.25, 0.3) is 0 Å². The standard InChI is InChI=1S/C20H15I/c1-14-10-12-15(13-11-14)20(21)18-8-4-2-6-16(18)17-7-3-5-9-19(17)20/h2-13H,1H3. The average molecular weight is 382 g/mol. The maximum absolute atomic E-state index is 2.63. The predicted molar refractivity (Wildman–Crippen MR) is 97.0 cm³/mol. The molecule has 0 heterocycles. The van der Waals surface area contributed by atoms with E-state index in [1.807, 2.05) is 0 Å². The second kappa shape index (κ2) is 4.70. The van der Waals surface area contributed by atoms with E-state index in [0.29, 0.717) is 0 Å². The van der Waals surface area contributed by atoms with Gasteiger partial charge in [0, 0.05) is 0 Å². The summed E-state index contributed by atoms with van der Waals surface area (Å²) in [4.78, 5) is 0. The molecule has 0 unspecified atom stereocenters. The highest BCUT2D eigenvalue weighted by Crippen LogP contribution is 2.56.